The first-order chi connectivity index (χ1) is 10.1. The van der Waals surface area contributed by atoms with Crippen LogP contribution in [0.2, 0.25) is 0 Å². The van der Waals surface area contributed by atoms with Gasteiger partial charge >= 0.3 is 0 Å². The van der Waals surface area contributed by atoms with E-state index in [0.29, 0.717) is 5.56 Å². The van der Waals surface area contributed by atoms with Gasteiger partial charge in [0, 0.05) is 11.6 Å². The summed E-state index contributed by atoms with van der Waals surface area (Å²) in [6.07, 6.45) is 1.60. The fraction of sp³-hybridized carbons (Fsp3) is 0. The molecule has 0 aliphatic rings. The van der Waals surface area contributed by atoms with Crippen LogP contribution in [0.3, 0.4) is 0 Å². The van der Waals surface area contributed by atoms with Gasteiger partial charge in [0.25, 0.3) is 0 Å². The summed E-state index contributed by atoms with van der Waals surface area (Å²) in [7, 11) is 0. The number of phenols is 3. The van der Waals surface area contributed by atoms with E-state index in [4.69, 9.17) is 0 Å². The normalized spacial score (nSPS) is 11.2. The molecule has 0 saturated heterocycles. The lowest BCUT2D eigenvalue weighted by Crippen LogP contribution is -1.81. The van der Waals surface area contributed by atoms with Crippen LogP contribution in [0.4, 0.5) is 5.69 Å². The Hall–Kier alpha value is -3.01. The summed E-state index contributed by atoms with van der Waals surface area (Å²) in [4.78, 5) is 4.39. The zero-order valence-electron chi connectivity index (χ0n) is 11.1. The van der Waals surface area contributed by atoms with E-state index in [0.717, 1.165) is 16.5 Å². The van der Waals surface area contributed by atoms with Crippen LogP contribution < -0.4 is 0 Å². The number of aromatic hydroxyl groups is 3. The number of benzene rings is 3. The van der Waals surface area contributed by atoms with Gasteiger partial charge in [-0.1, -0.05) is 18.2 Å². The molecular weight excluding hydrogens is 266 g/mol. The third kappa shape index (κ3) is 2.65. The van der Waals surface area contributed by atoms with E-state index in [1.54, 1.807) is 24.4 Å². The Morgan fingerprint density at radius 2 is 1.67 bits per heavy atom. The van der Waals surface area contributed by atoms with Crippen molar-refractivity contribution in [2.45, 2.75) is 0 Å². The van der Waals surface area contributed by atoms with Crippen molar-refractivity contribution in [1.82, 2.24) is 0 Å². The van der Waals surface area contributed by atoms with E-state index in [1.807, 2.05) is 24.3 Å². The van der Waals surface area contributed by atoms with Gasteiger partial charge in [0.1, 0.15) is 5.75 Å². The molecule has 0 aromatic heterocycles. The number of hydrogen-bond donors (Lipinski definition) is 3. The van der Waals surface area contributed by atoms with Gasteiger partial charge in [-0.2, -0.15) is 0 Å². The number of aliphatic imine (C=N–C) groups is 1. The Balaban J connectivity index is 2.02. The van der Waals surface area contributed by atoms with Gasteiger partial charge in [-0.3, -0.25) is 4.99 Å². The molecular formula is C17H13NO3. The van der Waals surface area contributed by atoms with Crippen LogP contribution in [-0.4, -0.2) is 21.5 Å². The van der Waals surface area contributed by atoms with Crippen LogP contribution in [0, 0.1) is 0 Å². The average Bonchev–Trinajstić information content (AvgIpc) is 2.48. The van der Waals surface area contributed by atoms with Gasteiger partial charge in [-0.15, -0.1) is 0 Å². The third-order valence-corrected chi connectivity index (χ3v) is 3.19. The monoisotopic (exact) mass is 279 g/mol. The van der Waals surface area contributed by atoms with Crippen LogP contribution in [0.1, 0.15) is 5.56 Å². The number of nitrogens with zero attached hydrogens (tertiary/aromatic N) is 1. The van der Waals surface area contributed by atoms with Crippen molar-refractivity contribution in [2.24, 2.45) is 4.99 Å². The summed E-state index contributed by atoms with van der Waals surface area (Å²) in [5.41, 5.74) is 1.39. The van der Waals surface area contributed by atoms with Gasteiger partial charge in [-0.05, 0) is 47.3 Å². The fourth-order valence-corrected chi connectivity index (χ4v) is 2.12. The van der Waals surface area contributed by atoms with Crippen molar-refractivity contribution >= 4 is 22.7 Å². The second-order valence-electron chi connectivity index (χ2n) is 4.69. The van der Waals surface area contributed by atoms with Gasteiger partial charge in [-0.25, -0.2) is 0 Å². The van der Waals surface area contributed by atoms with Crippen LogP contribution in [0.25, 0.3) is 10.8 Å². The van der Waals surface area contributed by atoms with Crippen molar-refractivity contribution < 1.29 is 15.3 Å². The van der Waals surface area contributed by atoms with Gasteiger partial charge in [0.05, 0.1) is 5.69 Å². The van der Waals surface area contributed by atoms with Crippen molar-refractivity contribution in [3.8, 4) is 17.2 Å². The fourth-order valence-electron chi connectivity index (χ4n) is 2.12. The highest BCUT2D eigenvalue weighted by Gasteiger charge is 2.01. The summed E-state index contributed by atoms with van der Waals surface area (Å²) in [5.74, 6) is -0.163. The Labute approximate surface area is 121 Å². The topological polar surface area (TPSA) is 73.1 Å². The van der Waals surface area contributed by atoms with Crippen LogP contribution >= 0.6 is 0 Å². The zero-order chi connectivity index (χ0) is 14.8. The number of hydrogen-bond acceptors (Lipinski definition) is 4. The molecule has 0 aliphatic heterocycles. The number of phenolic OH excluding ortho intramolecular Hbond substituents is 3. The quantitative estimate of drug-likeness (QED) is 0.494. The third-order valence-electron chi connectivity index (χ3n) is 3.19. The Morgan fingerprint density at radius 3 is 2.48 bits per heavy atom. The van der Waals surface area contributed by atoms with Crippen LogP contribution in [0.15, 0.2) is 59.6 Å². The molecule has 3 N–H and O–H groups in total. The Morgan fingerprint density at radius 1 is 0.810 bits per heavy atom. The molecule has 0 amide bonds. The highest BCUT2D eigenvalue weighted by molar-refractivity contribution is 5.96. The molecule has 0 radical (unpaired) electrons. The van der Waals surface area contributed by atoms with E-state index in [-0.39, 0.29) is 17.2 Å². The summed E-state index contributed by atoms with van der Waals surface area (Å²) in [6.45, 7) is 0. The Kier molecular flexibility index (Phi) is 3.20. The predicted molar refractivity (Wildman–Crippen MR) is 82.6 cm³/mol. The molecule has 0 atom stereocenters. The van der Waals surface area contributed by atoms with Crippen molar-refractivity contribution in [2.75, 3.05) is 0 Å². The maximum atomic E-state index is 9.59. The SMILES string of the molecule is Oc1ccc2cccc(N=Cc3ccc(O)c(O)c3)c2c1. The van der Waals surface area contributed by atoms with E-state index in [2.05, 4.69) is 4.99 Å². The lowest BCUT2D eigenvalue weighted by molar-refractivity contribution is 0.403. The van der Waals surface area contributed by atoms with Gasteiger partial charge < -0.3 is 15.3 Å². The summed E-state index contributed by atoms with van der Waals surface area (Å²) in [6, 6.07) is 15.3. The van der Waals surface area contributed by atoms with Gasteiger partial charge in [0.15, 0.2) is 11.5 Å². The minimum atomic E-state index is -0.186. The zero-order valence-corrected chi connectivity index (χ0v) is 11.1. The van der Waals surface area contributed by atoms with Crippen LogP contribution in [-0.2, 0) is 0 Å². The molecule has 3 rings (SSSR count). The van der Waals surface area contributed by atoms with Crippen molar-refractivity contribution in [3.05, 3.63) is 60.2 Å². The summed E-state index contributed by atoms with van der Waals surface area (Å²) >= 11 is 0. The smallest absolute Gasteiger partial charge is 0.158 e. The molecule has 0 heterocycles. The van der Waals surface area contributed by atoms with E-state index < -0.39 is 0 Å². The first-order valence-corrected chi connectivity index (χ1v) is 6.41. The van der Waals surface area contributed by atoms with Gasteiger partial charge in [0.2, 0.25) is 0 Å². The van der Waals surface area contributed by atoms with Crippen LogP contribution in [0.5, 0.6) is 17.2 Å². The lowest BCUT2D eigenvalue weighted by Gasteiger charge is -2.03. The summed E-state index contributed by atoms with van der Waals surface area (Å²) < 4.78 is 0. The lowest BCUT2D eigenvalue weighted by atomic mass is 10.1. The molecule has 0 spiro atoms. The molecule has 0 fully saturated rings. The first kappa shape index (κ1) is 13.0. The maximum absolute atomic E-state index is 9.59. The predicted octanol–water partition coefficient (Wildman–Crippen LogP) is 3.71. The molecule has 21 heavy (non-hydrogen) atoms. The summed E-state index contributed by atoms with van der Waals surface area (Å²) in [5, 5.41) is 30.2. The van der Waals surface area contributed by atoms with Crippen molar-refractivity contribution in [3.63, 3.8) is 0 Å². The van der Waals surface area contributed by atoms with Crippen molar-refractivity contribution in [1.29, 1.82) is 0 Å². The first-order valence-electron chi connectivity index (χ1n) is 6.41. The molecule has 0 bridgehead atoms. The number of fused-ring (bicyclic) bond motifs is 1. The Bertz CT molecular complexity index is 841. The molecule has 4 nitrogen and oxygen atoms in total. The highest BCUT2D eigenvalue weighted by atomic mass is 16.3. The largest absolute Gasteiger partial charge is 0.508 e. The highest BCUT2D eigenvalue weighted by Crippen LogP contribution is 2.29. The second kappa shape index (κ2) is 5.17. The molecule has 3 aromatic rings. The maximum Gasteiger partial charge on any atom is 0.158 e. The number of rotatable bonds is 2. The van der Waals surface area contributed by atoms with E-state index in [1.165, 1.54) is 12.1 Å². The molecule has 0 aliphatic carbocycles. The second-order valence-corrected chi connectivity index (χ2v) is 4.69. The van der Waals surface area contributed by atoms with E-state index in [9.17, 15) is 15.3 Å². The molecule has 3 aromatic carbocycles. The minimum Gasteiger partial charge on any atom is -0.508 e. The standard InChI is InChI=1S/C17H13NO3/c19-13-6-5-12-2-1-3-15(14(12)9-13)18-10-11-4-7-16(20)17(21)8-11/h1-10,19-21H. The average molecular weight is 279 g/mol. The molecule has 0 saturated carbocycles. The van der Waals surface area contributed by atoms with E-state index >= 15 is 0 Å². The molecule has 104 valence electrons. The molecule has 0 unspecified atom stereocenters. The molecule has 4 heteroatoms. The minimum absolute atomic E-state index is 0.165.